The summed E-state index contributed by atoms with van der Waals surface area (Å²) in [5.74, 6) is -0.0557. The molecule has 0 unspecified atom stereocenters. The molecule has 0 saturated heterocycles. The van der Waals surface area contributed by atoms with Crippen molar-refractivity contribution in [3.05, 3.63) is 51.5 Å². The molecule has 1 aliphatic rings. The minimum Gasteiger partial charge on any atom is -0.508 e. The van der Waals surface area contributed by atoms with E-state index in [-0.39, 0.29) is 11.7 Å². The van der Waals surface area contributed by atoms with Gasteiger partial charge in [-0.3, -0.25) is 4.79 Å². The Hall–Kier alpha value is -2.57. The fourth-order valence-corrected chi connectivity index (χ4v) is 4.12. The van der Waals surface area contributed by atoms with Gasteiger partial charge in [0.05, 0.1) is 11.3 Å². The van der Waals surface area contributed by atoms with Crippen molar-refractivity contribution in [1.29, 1.82) is 0 Å². The second kappa shape index (κ2) is 5.75. The highest BCUT2D eigenvalue weighted by molar-refractivity contribution is 7.13. The van der Waals surface area contributed by atoms with Crippen LogP contribution in [0.2, 0.25) is 5.15 Å². The van der Waals surface area contributed by atoms with Crippen LogP contribution in [0.25, 0.3) is 21.7 Å². The number of rotatable bonds is 2. The fourth-order valence-electron chi connectivity index (χ4n) is 3.13. The largest absolute Gasteiger partial charge is 0.508 e. The van der Waals surface area contributed by atoms with Gasteiger partial charge in [0.15, 0.2) is 0 Å². The van der Waals surface area contributed by atoms with E-state index in [2.05, 4.69) is 10.3 Å². The molecule has 4 rings (SSSR count). The number of aryl methyl sites for hydroxylation is 1. The first-order valence-electron chi connectivity index (χ1n) is 7.60. The number of fused-ring (bicyclic) bond motifs is 1. The van der Waals surface area contributed by atoms with Crippen molar-refractivity contribution in [2.45, 2.75) is 13.5 Å². The molecule has 126 valence electrons. The van der Waals surface area contributed by atoms with Crippen molar-refractivity contribution in [2.75, 3.05) is 5.73 Å². The molecule has 0 bridgehead atoms. The van der Waals surface area contributed by atoms with Crippen molar-refractivity contribution in [1.82, 2.24) is 10.3 Å². The molecule has 1 amide bonds. The second-order valence-corrected chi connectivity index (χ2v) is 7.14. The van der Waals surface area contributed by atoms with E-state index in [9.17, 15) is 9.90 Å². The number of aromatic hydroxyl groups is 1. The average molecular weight is 372 g/mol. The molecule has 3 aromatic rings. The molecular weight excluding hydrogens is 358 g/mol. The van der Waals surface area contributed by atoms with Gasteiger partial charge < -0.3 is 16.2 Å². The van der Waals surface area contributed by atoms with Crippen LogP contribution in [0.5, 0.6) is 5.75 Å². The van der Waals surface area contributed by atoms with E-state index >= 15 is 0 Å². The number of carbonyl (C=O) groups is 1. The quantitative estimate of drug-likeness (QED) is 0.595. The molecule has 5 nitrogen and oxygen atoms in total. The normalized spacial score (nSPS) is 13.0. The first-order chi connectivity index (χ1) is 12.0. The molecule has 0 radical (unpaired) electrons. The van der Waals surface area contributed by atoms with Gasteiger partial charge in [0, 0.05) is 23.1 Å². The van der Waals surface area contributed by atoms with Crippen molar-refractivity contribution >= 4 is 34.5 Å². The van der Waals surface area contributed by atoms with E-state index in [4.69, 9.17) is 17.3 Å². The van der Waals surface area contributed by atoms with Gasteiger partial charge in [0.25, 0.3) is 5.91 Å². The molecule has 1 aliphatic heterocycles. The molecule has 1 aromatic heterocycles. The molecule has 0 fully saturated rings. The van der Waals surface area contributed by atoms with Gasteiger partial charge in [0.1, 0.15) is 15.9 Å². The van der Waals surface area contributed by atoms with Gasteiger partial charge in [0.2, 0.25) is 0 Å². The van der Waals surface area contributed by atoms with Crippen molar-refractivity contribution in [3.8, 4) is 27.4 Å². The van der Waals surface area contributed by atoms with E-state index in [1.807, 2.05) is 19.1 Å². The zero-order valence-electron chi connectivity index (χ0n) is 13.3. The number of thiazole rings is 1. The number of nitrogens with one attached hydrogen (secondary N) is 1. The van der Waals surface area contributed by atoms with Crippen molar-refractivity contribution in [2.24, 2.45) is 0 Å². The second-order valence-electron chi connectivity index (χ2n) is 5.90. The number of amides is 1. The maximum atomic E-state index is 12.3. The number of aromatic nitrogens is 1. The SMILES string of the molecule is Cc1ccc(O)cc1-c1cc(-c2nc(Cl)cs2)c2c(c1N)C(=O)NC2. The molecule has 0 aliphatic carbocycles. The smallest absolute Gasteiger partial charge is 0.254 e. The first kappa shape index (κ1) is 15.9. The number of phenolic OH excluding ortho intramolecular Hbond substituents is 1. The monoisotopic (exact) mass is 371 g/mol. The fraction of sp³-hybridized carbons (Fsp3) is 0.111. The lowest BCUT2D eigenvalue weighted by molar-refractivity contribution is 0.0966. The highest BCUT2D eigenvalue weighted by atomic mass is 35.5. The Balaban J connectivity index is 2.05. The summed E-state index contributed by atoms with van der Waals surface area (Å²) in [7, 11) is 0. The van der Waals surface area contributed by atoms with Gasteiger partial charge in [-0.05, 0) is 41.8 Å². The van der Waals surface area contributed by atoms with Crippen molar-refractivity contribution < 1.29 is 9.90 Å². The number of hydrogen-bond acceptors (Lipinski definition) is 5. The number of hydrogen-bond donors (Lipinski definition) is 3. The first-order valence-corrected chi connectivity index (χ1v) is 8.86. The number of carbonyl (C=O) groups excluding carboxylic acids is 1. The standard InChI is InChI=1S/C18H14ClN3O2S/c1-8-2-3-9(23)4-10(8)11-5-12(18-22-14(19)7-25-18)13-6-21-17(24)15(13)16(11)20/h2-5,7,23H,6,20H2,1H3,(H,21,24). The van der Waals surface area contributed by atoms with E-state index in [1.54, 1.807) is 17.5 Å². The maximum Gasteiger partial charge on any atom is 0.254 e. The molecule has 0 saturated carbocycles. The summed E-state index contributed by atoms with van der Waals surface area (Å²) < 4.78 is 0. The lowest BCUT2D eigenvalue weighted by Crippen LogP contribution is -2.13. The van der Waals surface area contributed by atoms with Crippen LogP contribution in [-0.2, 0) is 6.54 Å². The summed E-state index contributed by atoms with van der Waals surface area (Å²) in [6.07, 6.45) is 0. The molecule has 2 aromatic carbocycles. The van der Waals surface area contributed by atoms with Gasteiger partial charge in [-0.2, -0.15) is 0 Å². The average Bonchev–Trinajstić information content (AvgIpc) is 3.17. The Bertz CT molecular complexity index is 1030. The highest BCUT2D eigenvalue weighted by Gasteiger charge is 2.29. The Morgan fingerprint density at radius 3 is 2.80 bits per heavy atom. The van der Waals surface area contributed by atoms with Gasteiger partial charge in [-0.1, -0.05) is 17.7 Å². The van der Waals surface area contributed by atoms with Crippen LogP contribution in [0.15, 0.2) is 29.6 Å². The minimum atomic E-state index is -0.198. The molecule has 0 atom stereocenters. The zero-order valence-corrected chi connectivity index (χ0v) is 14.8. The summed E-state index contributed by atoms with van der Waals surface area (Å²) in [5, 5.41) is 15.6. The van der Waals surface area contributed by atoms with Crippen LogP contribution in [0, 0.1) is 6.92 Å². The third kappa shape index (κ3) is 2.54. The summed E-state index contributed by atoms with van der Waals surface area (Å²) >= 11 is 7.40. The number of nitrogens with two attached hydrogens (primary N) is 1. The van der Waals surface area contributed by atoms with Crippen LogP contribution in [0.3, 0.4) is 0 Å². The third-order valence-electron chi connectivity index (χ3n) is 4.35. The molecule has 7 heteroatoms. The Morgan fingerprint density at radius 1 is 1.28 bits per heavy atom. The predicted octanol–water partition coefficient (Wildman–Crippen LogP) is 3.97. The number of anilines is 1. The summed E-state index contributed by atoms with van der Waals surface area (Å²) in [4.78, 5) is 16.7. The molecule has 25 heavy (non-hydrogen) atoms. The van der Waals surface area contributed by atoms with Crippen LogP contribution in [-0.4, -0.2) is 16.0 Å². The topological polar surface area (TPSA) is 88.2 Å². The lowest BCUT2D eigenvalue weighted by Gasteiger charge is -2.15. The van der Waals surface area contributed by atoms with E-state index < -0.39 is 0 Å². The van der Waals surface area contributed by atoms with E-state index in [0.29, 0.717) is 28.5 Å². The van der Waals surface area contributed by atoms with Gasteiger partial charge in [-0.25, -0.2) is 4.98 Å². The third-order valence-corrected chi connectivity index (χ3v) is 5.54. The van der Waals surface area contributed by atoms with Crippen molar-refractivity contribution in [3.63, 3.8) is 0 Å². The number of halogens is 1. The summed E-state index contributed by atoms with van der Waals surface area (Å²) in [6.45, 7) is 2.34. The molecule has 4 N–H and O–H groups in total. The lowest BCUT2D eigenvalue weighted by atomic mass is 9.91. The predicted molar refractivity (Wildman–Crippen MR) is 100.0 cm³/mol. The van der Waals surface area contributed by atoms with Gasteiger partial charge >= 0.3 is 0 Å². The Labute approximate surface area is 153 Å². The highest BCUT2D eigenvalue weighted by Crippen LogP contribution is 2.42. The van der Waals surface area contributed by atoms with E-state index in [0.717, 1.165) is 27.3 Å². The maximum absolute atomic E-state index is 12.3. The summed E-state index contributed by atoms with van der Waals surface area (Å²) in [5.41, 5.74) is 11.3. The minimum absolute atomic E-state index is 0.142. The zero-order chi connectivity index (χ0) is 17.7. The molecule has 0 spiro atoms. The number of benzene rings is 2. The molecular formula is C18H14ClN3O2S. The number of nitrogen functional groups attached to an aromatic ring is 1. The Morgan fingerprint density at radius 2 is 2.08 bits per heavy atom. The Kier molecular flexibility index (Phi) is 3.67. The van der Waals surface area contributed by atoms with Crippen LogP contribution < -0.4 is 11.1 Å². The van der Waals surface area contributed by atoms with Crippen LogP contribution >= 0.6 is 22.9 Å². The van der Waals surface area contributed by atoms with Crippen LogP contribution in [0.4, 0.5) is 5.69 Å². The van der Waals surface area contributed by atoms with Gasteiger partial charge in [-0.15, -0.1) is 11.3 Å². The number of nitrogens with zero attached hydrogens (tertiary/aromatic N) is 1. The molecule has 2 heterocycles. The summed E-state index contributed by atoms with van der Waals surface area (Å²) in [6, 6.07) is 7.01. The van der Waals surface area contributed by atoms with Crippen LogP contribution in [0.1, 0.15) is 21.5 Å². The number of phenols is 1. The van der Waals surface area contributed by atoms with E-state index in [1.165, 1.54) is 11.3 Å².